The van der Waals surface area contributed by atoms with Crippen LogP contribution in [0.25, 0.3) is 0 Å². The number of aromatic amines is 1. The molecule has 1 aliphatic rings. The number of hydrogen-bond acceptors (Lipinski definition) is 8. The number of imidazole rings is 1. The van der Waals surface area contributed by atoms with E-state index in [1.54, 1.807) is 0 Å². The molecule has 194 valence electrons. The van der Waals surface area contributed by atoms with Gasteiger partial charge in [-0.15, -0.1) is 0 Å². The minimum Gasteiger partial charge on any atom is -0.481 e. The van der Waals surface area contributed by atoms with Gasteiger partial charge in [-0.05, 0) is 45.2 Å². The second-order valence-corrected chi connectivity index (χ2v) is 8.33. The molecule has 14 heteroatoms. The Balaban J connectivity index is 2.09. The molecular weight excluding hydrogens is 462 g/mol. The summed E-state index contributed by atoms with van der Waals surface area (Å²) in [7, 11) is 0. The molecule has 14 nitrogen and oxygen atoms in total. The number of nitrogens with two attached hydrogens (primary N) is 1. The lowest BCUT2D eigenvalue weighted by Gasteiger charge is -2.24. The summed E-state index contributed by atoms with van der Waals surface area (Å²) in [6, 6.07) is -4.38. The first-order chi connectivity index (χ1) is 16.7. The minimum absolute atomic E-state index is 0.124. The van der Waals surface area contributed by atoms with Gasteiger partial charge in [-0.25, -0.2) is 9.78 Å². The number of carbonyl (C=O) groups excluding carboxylic acids is 3. The third-order valence-electron chi connectivity index (χ3n) is 5.56. The van der Waals surface area contributed by atoms with E-state index in [0.717, 1.165) is 6.42 Å². The van der Waals surface area contributed by atoms with Gasteiger partial charge in [0.15, 0.2) is 0 Å². The quantitative estimate of drug-likeness (QED) is 0.123. The maximum absolute atomic E-state index is 13.0. The average Bonchev–Trinajstić information content (AvgIpc) is 3.51. The molecule has 1 saturated heterocycles. The van der Waals surface area contributed by atoms with Crippen LogP contribution in [-0.2, 0) is 30.4 Å². The molecule has 0 spiro atoms. The number of nitrogens with zero attached hydrogens (tertiary/aromatic N) is 1. The summed E-state index contributed by atoms with van der Waals surface area (Å²) < 4.78 is 0. The van der Waals surface area contributed by atoms with Crippen LogP contribution in [0.3, 0.4) is 0 Å². The predicted molar refractivity (Wildman–Crippen MR) is 122 cm³/mol. The molecule has 2 heterocycles. The summed E-state index contributed by atoms with van der Waals surface area (Å²) in [6.07, 6.45) is 4.66. The molecule has 35 heavy (non-hydrogen) atoms. The van der Waals surface area contributed by atoms with Crippen LogP contribution in [0, 0.1) is 0 Å². The van der Waals surface area contributed by atoms with Crippen molar-refractivity contribution >= 4 is 29.7 Å². The number of amides is 3. The molecule has 4 unspecified atom stereocenters. The number of carboxylic acids is 2. The van der Waals surface area contributed by atoms with Gasteiger partial charge in [0.1, 0.15) is 18.1 Å². The summed E-state index contributed by atoms with van der Waals surface area (Å²) in [6.45, 7) is 1.08. The first kappa shape index (κ1) is 27.7. The number of carboxylic acid groups (broad SMARTS) is 2. The Bertz CT molecular complexity index is 871. The Morgan fingerprint density at radius 1 is 1.06 bits per heavy atom. The fourth-order valence-corrected chi connectivity index (χ4v) is 3.69. The van der Waals surface area contributed by atoms with Gasteiger partial charge in [0.2, 0.25) is 17.7 Å². The zero-order valence-electron chi connectivity index (χ0n) is 19.3. The van der Waals surface area contributed by atoms with E-state index < -0.39 is 54.3 Å². The van der Waals surface area contributed by atoms with Crippen molar-refractivity contribution in [1.82, 2.24) is 31.2 Å². The molecule has 0 aliphatic carbocycles. The Kier molecular flexibility index (Phi) is 11.1. The molecule has 2 rings (SSSR count). The second-order valence-electron chi connectivity index (χ2n) is 8.33. The Labute approximate surface area is 201 Å². The number of nitrogens with one attached hydrogen (secondary N) is 5. The van der Waals surface area contributed by atoms with E-state index >= 15 is 0 Å². The van der Waals surface area contributed by atoms with Crippen molar-refractivity contribution in [3.05, 3.63) is 18.2 Å². The number of unbranched alkanes of at least 4 members (excludes halogenated alkanes) is 1. The molecule has 0 aromatic carbocycles. The number of hydrogen-bond donors (Lipinski definition) is 8. The molecule has 1 aromatic heterocycles. The van der Waals surface area contributed by atoms with E-state index in [1.807, 2.05) is 0 Å². The van der Waals surface area contributed by atoms with Gasteiger partial charge in [-0.1, -0.05) is 0 Å². The molecule has 9 N–H and O–H groups in total. The van der Waals surface area contributed by atoms with E-state index in [4.69, 9.17) is 5.73 Å². The van der Waals surface area contributed by atoms with Crippen LogP contribution in [-0.4, -0.2) is 87.1 Å². The van der Waals surface area contributed by atoms with Crippen molar-refractivity contribution in [2.45, 2.75) is 69.1 Å². The highest BCUT2D eigenvalue weighted by Crippen LogP contribution is 2.08. The highest BCUT2D eigenvalue weighted by Gasteiger charge is 2.32. The first-order valence-electron chi connectivity index (χ1n) is 11.5. The highest BCUT2D eigenvalue weighted by molar-refractivity contribution is 5.95. The first-order valence-corrected chi connectivity index (χ1v) is 11.5. The third-order valence-corrected chi connectivity index (χ3v) is 5.56. The number of aromatic nitrogens is 2. The fourth-order valence-electron chi connectivity index (χ4n) is 3.69. The Morgan fingerprint density at radius 2 is 1.77 bits per heavy atom. The van der Waals surface area contributed by atoms with Crippen LogP contribution in [0.5, 0.6) is 0 Å². The van der Waals surface area contributed by atoms with Gasteiger partial charge >= 0.3 is 11.9 Å². The lowest BCUT2D eigenvalue weighted by molar-refractivity contribution is -0.143. The molecule has 0 bridgehead atoms. The van der Waals surface area contributed by atoms with Crippen molar-refractivity contribution in [1.29, 1.82) is 0 Å². The van der Waals surface area contributed by atoms with Gasteiger partial charge in [-0.2, -0.15) is 0 Å². The lowest BCUT2D eigenvalue weighted by atomic mass is 10.1. The maximum atomic E-state index is 13.0. The lowest BCUT2D eigenvalue weighted by Crippen LogP contribution is -2.57. The number of H-pyrrole nitrogens is 1. The molecule has 1 aromatic rings. The molecule has 4 atom stereocenters. The molecule has 1 fully saturated rings. The summed E-state index contributed by atoms with van der Waals surface area (Å²) in [5, 5.41) is 29.0. The van der Waals surface area contributed by atoms with Crippen molar-refractivity contribution in [2.75, 3.05) is 13.1 Å². The van der Waals surface area contributed by atoms with Crippen LogP contribution in [0.2, 0.25) is 0 Å². The Morgan fingerprint density at radius 3 is 2.34 bits per heavy atom. The molecule has 3 amide bonds. The minimum atomic E-state index is -1.55. The largest absolute Gasteiger partial charge is 0.481 e. The highest BCUT2D eigenvalue weighted by atomic mass is 16.4. The standard InChI is InChI=1S/C21H33N7O7/c22-6-2-1-4-14(26-18(31)13-5-3-7-24-13)19(32)27-15(9-17(29)30)20(33)28-16(21(34)35)8-12-10-23-11-25-12/h10-11,13-16,24H,1-9,22H2,(H,23,25)(H,26,31)(H,27,32)(H,28,33)(H,29,30)(H,34,35). The zero-order valence-corrected chi connectivity index (χ0v) is 19.3. The fraction of sp³-hybridized carbons (Fsp3) is 0.619. The van der Waals surface area contributed by atoms with Gasteiger partial charge < -0.3 is 42.2 Å². The Hall–Kier alpha value is -3.52. The van der Waals surface area contributed by atoms with E-state index in [-0.39, 0.29) is 18.7 Å². The maximum Gasteiger partial charge on any atom is 0.326 e. The summed E-state index contributed by atoms with van der Waals surface area (Å²) in [4.78, 5) is 67.8. The van der Waals surface area contributed by atoms with Crippen LogP contribution in [0.15, 0.2) is 12.5 Å². The molecule has 1 aliphatic heterocycles. The van der Waals surface area contributed by atoms with E-state index in [2.05, 4.69) is 31.2 Å². The zero-order chi connectivity index (χ0) is 25.8. The van der Waals surface area contributed by atoms with Gasteiger partial charge in [0.25, 0.3) is 0 Å². The van der Waals surface area contributed by atoms with Crippen molar-refractivity contribution in [2.24, 2.45) is 5.73 Å². The van der Waals surface area contributed by atoms with Crippen LogP contribution in [0.4, 0.5) is 0 Å². The van der Waals surface area contributed by atoms with Gasteiger partial charge in [-0.3, -0.25) is 19.2 Å². The van der Waals surface area contributed by atoms with Gasteiger partial charge in [0.05, 0.1) is 18.8 Å². The van der Waals surface area contributed by atoms with E-state index in [1.165, 1.54) is 12.5 Å². The summed E-state index contributed by atoms with van der Waals surface area (Å²) in [5.74, 6) is -4.79. The SMILES string of the molecule is NCCCCC(NC(=O)C1CCCN1)C(=O)NC(CC(=O)O)C(=O)NC(Cc1cnc[nH]1)C(=O)O. The molecule has 0 radical (unpaired) electrons. The summed E-state index contributed by atoms with van der Waals surface area (Å²) >= 11 is 0. The van der Waals surface area contributed by atoms with Crippen molar-refractivity contribution in [3.63, 3.8) is 0 Å². The van der Waals surface area contributed by atoms with E-state index in [0.29, 0.717) is 38.0 Å². The third kappa shape index (κ3) is 9.33. The normalized spacial score (nSPS) is 17.7. The monoisotopic (exact) mass is 495 g/mol. The van der Waals surface area contributed by atoms with E-state index in [9.17, 15) is 34.2 Å². The molecule has 0 saturated carbocycles. The van der Waals surface area contributed by atoms with Crippen molar-refractivity contribution < 1.29 is 34.2 Å². The summed E-state index contributed by atoms with van der Waals surface area (Å²) in [5.41, 5.74) is 5.96. The average molecular weight is 496 g/mol. The van der Waals surface area contributed by atoms with Gasteiger partial charge in [0, 0.05) is 18.3 Å². The van der Waals surface area contributed by atoms with Crippen LogP contribution >= 0.6 is 0 Å². The predicted octanol–water partition coefficient (Wildman–Crippen LogP) is -2.15. The topological polar surface area (TPSA) is 229 Å². The van der Waals surface area contributed by atoms with Crippen LogP contribution < -0.4 is 27.0 Å². The number of carbonyl (C=O) groups is 5. The van der Waals surface area contributed by atoms with Crippen molar-refractivity contribution in [3.8, 4) is 0 Å². The second kappa shape index (κ2) is 14.0. The molecular formula is C21H33N7O7. The number of aliphatic carboxylic acids is 2. The van der Waals surface area contributed by atoms with Crippen LogP contribution in [0.1, 0.15) is 44.2 Å². The number of rotatable bonds is 15. The smallest absolute Gasteiger partial charge is 0.326 e.